The zero-order valence-electron chi connectivity index (χ0n) is 21.0. The van der Waals surface area contributed by atoms with Crippen molar-refractivity contribution >= 4 is 22.8 Å². The summed E-state index contributed by atoms with van der Waals surface area (Å²) in [5.41, 5.74) is 1.39. The topological polar surface area (TPSA) is 85.7 Å². The summed E-state index contributed by atoms with van der Waals surface area (Å²) >= 11 is 0. The molecule has 8 heteroatoms. The first-order chi connectivity index (χ1) is 17.3. The van der Waals surface area contributed by atoms with Crippen LogP contribution in [0, 0.1) is 11.8 Å². The van der Waals surface area contributed by atoms with Crippen molar-refractivity contribution in [3.63, 3.8) is 0 Å². The van der Waals surface area contributed by atoms with Crippen molar-refractivity contribution in [1.82, 2.24) is 19.8 Å². The summed E-state index contributed by atoms with van der Waals surface area (Å²) in [6, 6.07) is 13.5. The first kappa shape index (κ1) is 22.9. The highest BCUT2D eigenvalue weighted by atomic mass is 16.7. The Labute approximate surface area is 210 Å². The van der Waals surface area contributed by atoms with Gasteiger partial charge >= 0.3 is 0 Å². The third-order valence-electron chi connectivity index (χ3n) is 8.44. The van der Waals surface area contributed by atoms with Crippen LogP contribution in [-0.2, 0) is 17.9 Å². The highest BCUT2D eigenvalue weighted by molar-refractivity contribution is 6.01. The van der Waals surface area contributed by atoms with E-state index in [0.717, 1.165) is 29.4 Å². The molecule has 8 nitrogen and oxygen atoms in total. The molecule has 1 saturated carbocycles. The molecule has 2 amide bonds. The molecule has 1 aromatic heterocycles. The summed E-state index contributed by atoms with van der Waals surface area (Å²) in [6.45, 7) is 7.13. The summed E-state index contributed by atoms with van der Waals surface area (Å²) in [6.07, 6.45) is 3.25. The van der Waals surface area contributed by atoms with Crippen LogP contribution in [0.3, 0.4) is 0 Å². The maximum Gasteiger partial charge on any atom is 0.291 e. The van der Waals surface area contributed by atoms with Gasteiger partial charge in [-0.25, -0.2) is 4.98 Å². The summed E-state index contributed by atoms with van der Waals surface area (Å²) in [4.78, 5) is 34.3. The van der Waals surface area contributed by atoms with Gasteiger partial charge in [-0.15, -0.1) is 0 Å². The van der Waals surface area contributed by atoms with Crippen molar-refractivity contribution < 1.29 is 19.1 Å². The van der Waals surface area contributed by atoms with Crippen molar-refractivity contribution in [2.75, 3.05) is 6.79 Å². The van der Waals surface area contributed by atoms with Gasteiger partial charge < -0.3 is 24.3 Å². The minimum atomic E-state index is -1.09. The average Bonchev–Trinajstić information content (AvgIpc) is 3.49. The monoisotopic (exact) mass is 488 g/mol. The minimum Gasteiger partial charge on any atom is -0.454 e. The predicted octanol–water partition coefficient (Wildman–Crippen LogP) is 4.12. The van der Waals surface area contributed by atoms with Gasteiger partial charge in [0.15, 0.2) is 17.3 Å². The number of para-hydroxylation sites is 2. The van der Waals surface area contributed by atoms with Crippen LogP contribution in [0.2, 0.25) is 0 Å². The molecule has 0 radical (unpaired) electrons. The van der Waals surface area contributed by atoms with E-state index in [9.17, 15) is 9.59 Å². The summed E-state index contributed by atoms with van der Waals surface area (Å²) in [5, 5.41) is 3.35. The molecule has 1 N–H and O–H groups in total. The Morgan fingerprint density at radius 1 is 1.14 bits per heavy atom. The molecular formula is C28H32N4O4. The number of carbonyl (C=O) groups excluding carboxylic acids is 2. The number of ether oxygens (including phenoxy) is 2. The highest BCUT2D eigenvalue weighted by Gasteiger charge is 2.49. The summed E-state index contributed by atoms with van der Waals surface area (Å²) in [5.74, 6) is 2.27. The smallest absolute Gasteiger partial charge is 0.291 e. The van der Waals surface area contributed by atoms with Crippen molar-refractivity contribution in [2.45, 2.75) is 64.7 Å². The van der Waals surface area contributed by atoms with Gasteiger partial charge in [-0.3, -0.25) is 9.59 Å². The van der Waals surface area contributed by atoms with Gasteiger partial charge in [0.25, 0.3) is 5.91 Å². The number of aromatic nitrogens is 2. The molecule has 0 spiro atoms. The van der Waals surface area contributed by atoms with Crippen molar-refractivity contribution in [3.05, 3.63) is 53.9 Å². The number of benzene rings is 2. The van der Waals surface area contributed by atoms with E-state index in [1.165, 1.54) is 6.42 Å². The van der Waals surface area contributed by atoms with E-state index < -0.39 is 5.54 Å². The second-order valence-electron chi connectivity index (χ2n) is 10.7. The van der Waals surface area contributed by atoms with Gasteiger partial charge in [0.05, 0.1) is 17.6 Å². The molecule has 3 aromatic rings. The summed E-state index contributed by atoms with van der Waals surface area (Å²) in [7, 11) is 0. The number of nitrogens with zero attached hydrogens (tertiary/aromatic N) is 3. The number of fused-ring (bicyclic) bond motifs is 4. The van der Waals surface area contributed by atoms with E-state index in [-0.39, 0.29) is 31.2 Å². The number of imidazole rings is 1. The summed E-state index contributed by atoms with van der Waals surface area (Å²) < 4.78 is 12.9. The van der Waals surface area contributed by atoms with Gasteiger partial charge in [-0.05, 0) is 55.0 Å². The molecule has 3 aliphatic rings. The molecule has 3 heterocycles. The first-order valence-corrected chi connectivity index (χ1v) is 12.8. The fourth-order valence-corrected chi connectivity index (χ4v) is 5.91. The lowest BCUT2D eigenvalue weighted by Gasteiger charge is -2.45. The van der Waals surface area contributed by atoms with E-state index in [0.29, 0.717) is 35.7 Å². The maximum absolute atomic E-state index is 14.1. The molecule has 4 atom stereocenters. The Kier molecular flexibility index (Phi) is 5.43. The SMILES string of the molecule is C[C@H]1[C@H](C)CCC[C@@H]1NC(=O)[C@]1(C)Cn2c(nc3ccccc32)C(=O)N1Cc1ccc2c(c1)OCO2. The Morgan fingerprint density at radius 2 is 1.94 bits per heavy atom. The molecule has 0 unspecified atom stereocenters. The molecule has 1 aliphatic carbocycles. The van der Waals surface area contributed by atoms with Crippen molar-refractivity contribution in [1.29, 1.82) is 0 Å². The molecule has 6 rings (SSSR count). The quantitative estimate of drug-likeness (QED) is 0.597. The van der Waals surface area contributed by atoms with Gasteiger partial charge in [-0.1, -0.05) is 44.9 Å². The second kappa shape index (κ2) is 8.54. The van der Waals surface area contributed by atoms with E-state index in [4.69, 9.17) is 9.47 Å². The standard InChI is InChI=1S/C28H32N4O4/c1-17-7-6-9-20(18(17)2)30-27(34)28(3)15-31-22-10-5-4-8-21(22)29-25(31)26(33)32(28)14-19-11-12-23-24(13-19)36-16-35-23/h4-5,8,10-13,17-18,20H,6-7,9,14-16H2,1-3H3,(H,30,34)/t17-,18+,20+,28+/m1/s1. The van der Waals surface area contributed by atoms with Crippen molar-refractivity contribution in [2.24, 2.45) is 11.8 Å². The molecule has 188 valence electrons. The van der Waals surface area contributed by atoms with E-state index in [1.807, 2.05) is 54.0 Å². The Morgan fingerprint density at radius 3 is 2.81 bits per heavy atom. The normalized spacial score (nSPS) is 27.2. The van der Waals surface area contributed by atoms with Crippen LogP contribution in [0.5, 0.6) is 11.5 Å². The fraction of sp³-hybridized carbons (Fsp3) is 0.464. The van der Waals surface area contributed by atoms with E-state index in [1.54, 1.807) is 4.90 Å². The number of nitrogens with one attached hydrogen (secondary N) is 1. The van der Waals surface area contributed by atoms with Gasteiger partial charge in [0.2, 0.25) is 12.7 Å². The molecule has 36 heavy (non-hydrogen) atoms. The number of hydrogen-bond donors (Lipinski definition) is 1. The lowest BCUT2D eigenvalue weighted by molar-refractivity contribution is -0.134. The lowest BCUT2D eigenvalue weighted by Crippen LogP contribution is -2.65. The first-order valence-electron chi connectivity index (χ1n) is 12.8. The third-order valence-corrected chi connectivity index (χ3v) is 8.44. The van der Waals surface area contributed by atoms with Crippen LogP contribution < -0.4 is 14.8 Å². The number of amides is 2. The van der Waals surface area contributed by atoms with Crippen LogP contribution in [-0.4, -0.2) is 44.6 Å². The van der Waals surface area contributed by atoms with E-state index >= 15 is 0 Å². The average molecular weight is 489 g/mol. The number of carbonyl (C=O) groups is 2. The number of hydrogen-bond acceptors (Lipinski definition) is 5. The fourth-order valence-electron chi connectivity index (χ4n) is 5.91. The minimum absolute atomic E-state index is 0.0986. The molecule has 0 bridgehead atoms. The van der Waals surface area contributed by atoms with Crippen LogP contribution in [0.4, 0.5) is 0 Å². The lowest BCUT2D eigenvalue weighted by atomic mass is 9.77. The highest BCUT2D eigenvalue weighted by Crippen LogP contribution is 2.36. The maximum atomic E-state index is 14.1. The van der Waals surface area contributed by atoms with Gasteiger partial charge in [-0.2, -0.15) is 0 Å². The second-order valence-corrected chi connectivity index (χ2v) is 10.7. The van der Waals surface area contributed by atoms with Crippen LogP contribution in [0.15, 0.2) is 42.5 Å². The molecule has 0 saturated heterocycles. The zero-order chi connectivity index (χ0) is 25.0. The molecular weight excluding hydrogens is 456 g/mol. The Hall–Kier alpha value is -3.55. The van der Waals surface area contributed by atoms with Crippen LogP contribution in [0.25, 0.3) is 11.0 Å². The van der Waals surface area contributed by atoms with Gasteiger partial charge in [0, 0.05) is 12.6 Å². The molecule has 2 aliphatic heterocycles. The van der Waals surface area contributed by atoms with Crippen LogP contribution >= 0.6 is 0 Å². The Balaban J connectivity index is 1.38. The molecule has 1 fully saturated rings. The Bertz CT molecular complexity index is 1350. The number of rotatable bonds is 4. The largest absolute Gasteiger partial charge is 0.454 e. The van der Waals surface area contributed by atoms with Gasteiger partial charge in [0.1, 0.15) is 5.54 Å². The predicted molar refractivity (Wildman–Crippen MR) is 135 cm³/mol. The van der Waals surface area contributed by atoms with Crippen LogP contribution in [0.1, 0.15) is 56.2 Å². The third kappa shape index (κ3) is 3.62. The zero-order valence-corrected chi connectivity index (χ0v) is 21.0. The van der Waals surface area contributed by atoms with E-state index in [2.05, 4.69) is 24.1 Å². The van der Waals surface area contributed by atoms with Crippen molar-refractivity contribution in [3.8, 4) is 11.5 Å². The molecule has 2 aromatic carbocycles.